The van der Waals surface area contributed by atoms with E-state index in [2.05, 4.69) is 20.9 Å². The first-order valence-corrected chi connectivity index (χ1v) is 10.2. The van der Waals surface area contributed by atoms with Crippen LogP contribution in [-0.4, -0.2) is 15.2 Å². The van der Waals surface area contributed by atoms with Gasteiger partial charge in [-0.25, -0.2) is 0 Å². The molecule has 1 aromatic heterocycles. The fourth-order valence-corrected chi connectivity index (χ4v) is 4.49. The molecule has 3 aromatic rings. The average molecular weight is 453 g/mol. The van der Waals surface area contributed by atoms with Crippen LogP contribution in [-0.2, 0) is 4.79 Å². The number of benzene rings is 2. The third kappa shape index (κ3) is 3.60. The molecule has 6 heteroatoms. The third-order valence-corrected chi connectivity index (χ3v) is 6.08. The van der Waals surface area contributed by atoms with Crippen molar-refractivity contribution in [2.24, 2.45) is 0 Å². The largest absolute Gasteiger partial charge is 0.270 e. The van der Waals surface area contributed by atoms with Gasteiger partial charge in [0, 0.05) is 16.1 Å². The van der Waals surface area contributed by atoms with Crippen molar-refractivity contribution in [1.29, 1.82) is 0 Å². The van der Waals surface area contributed by atoms with E-state index in [9.17, 15) is 4.79 Å². The fourth-order valence-electron chi connectivity index (χ4n) is 2.80. The molecule has 0 atom stereocenters. The fraction of sp³-hybridized carbons (Fsp3) is 0. The zero-order valence-corrected chi connectivity index (χ0v) is 17.2. The zero-order chi connectivity index (χ0) is 18.8. The van der Waals surface area contributed by atoms with E-state index in [0.29, 0.717) is 14.9 Å². The number of thiocarbonyl (C=S) groups is 1. The van der Waals surface area contributed by atoms with Crippen molar-refractivity contribution < 1.29 is 4.79 Å². The molecule has 0 saturated carbocycles. The maximum absolute atomic E-state index is 13.0. The molecule has 0 spiro atoms. The Kier molecular flexibility index (Phi) is 5.20. The topological polar surface area (TPSA) is 33.2 Å². The number of aromatic nitrogens is 1. The van der Waals surface area contributed by atoms with Crippen molar-refractivity contribution in [3.8, 4) is 0 Å². The van der Waals surface area contributed by atoms with Gasteiger partial charge in [-0.1, -0.05) is 88.5 Å². The highest BCUT2D eigenvalue weighted by atomic mass is 79.9. The molecule has 27 heavy (non-hydrogen) atoms. The quantitative estimate of drug-likeness (QED) is 0.362. The van der Waals surface area contributed by atoms with Crippen LogP contribution in [0.1, 0.15) is 5.56 Å². The van der Waals surface area contributed by atoms with Gasteiger partial charge in [-0.2, -0.15) is 0 Å². The molecule has 1 saturated heterocycles. The zero-order valence-electron chi connectivity index (χ0n) is 14.0. The molecule has 0 bridgehead atoms. The molecule has 2 heterocycles. The summed E-state index contributed by atoms with van der Waals surface area (Å²) in [6, 6.07) is 17.6. The molecule has 2 aromatic carbocycles. The summed E-state index contributed by atoms with van der Waals surface area (Å²) in [5.74, 6) is -0.128. The number of pyridine rings is 1. The molecule has 0 aliphatic carbocycles. The van der Waals surface area contributed by atoms with E-state index in [-0.39, 0.29) is 5.91 Å². The van der Waals surface area contributed by atoms with Crippen LogP contribution >= 0.6 is 39.9 Å². The van der Waals surface area contributed by atoms with Crippen LogP contribution in [0.3, 0.4) is 0 Å². The van der Waals surface area contributed by atoms with Crippen molar-refractivity contribution in [3.05, 3.63) is 87.9 Å². The van der Waals surface area contributed by atoms with Crippen molar-refractivity contribution in [3.63, 3.8) is 0 Å². The number of nitrogens with zero attached hydrogens (tertiary/aromatic N) is 2. The van der Waals surface area contributed by atoms with Crippen molar-refractivity contribution in [1.82, 2.24) is 4.98 Å². The lowest BCUT2D eigenvalue weighted by atomic mass is 10.1. The van der Waals surface area contributed by atoms with E-state index in [4.69, 9.17) is 12.2 Å². The number of anilines is 1. The average Bonchev–Trinajstić information content (AvgIpc) is 2.97. The molecule has 4 rings (SSSR count). The molecule has 1 aliphatic heterocycles. The van der Waals surface area contributed by atoms with Crippen LogP contribution in [0.25, 0.3) is 17.0 Å². The maximum atomic E-state index is 13.0. The number of carbonyl (C=O) groups excluding carboxylic acids is 1. The van der Waals surface area contributed by atoms with Gasteiger partial charge in [0.05, 0.1) is 16.1 Å². The summed E-state index contributed by atoms with van der Waals surface area (Å²) in [7, 11) is 0. The van der Waals surface area contributed by atoms with Gasteiger partial charge in [0.1, 0.15) is 0 Å². The number of allylic oxidation sites excluding steroid dienone is 2. The van der Waals surface area contributed by atoms with Gasteiger partial charge >= 0.3 is 0 Å². The molecule has 3 nitrogen and oxygen atoms in total. The second kappa shape index (κ2) is 7.76. The second-order valence-corrected chi connectivity index (χ2v) is 8.31. The van der Waals surface area contributed by atoms with Gasteiger partial charge in [0.15, 0.2) is 4.32 Å². The van der Waals surface area contributed by atoms with Crippen molar-refractivity contribution >= 4 is 72.8 Å². The number of halogens is 1. The monoisotopic (exact) mass is 452 g/mol. The standard InChI is InChI=1S/C21H13BrN2OS2/c22-16-11-12-17(19-15(16)9-5-13-23-19)24-20(25)18(27-21(24)26)10-4-8-14-6-2-1-3-7-14/h1-13H/b8-4-,18-10-. The summed E-state index contributed by atoms with van der Waals surface area (Å²) < 4.78 is 1.44. The normalized spacial score (nSPS) is 16.2. The Morgan fingerprint density at radius 1 is 1.07 bits per heavy atom. The molecular weight excluding hydrogens is 440 g/mol. The second-order valence-electron chi connectivity index (χ2n) is 5.78. The summed E-state index contributed by atoms with van der Waals surface area (Å²) in [5.41, 5.74) is 2.52. The molecule has 1 fully saturated rings. The van der Waals surface area contributed by atoms with Crippen LogP contribution < -0.4 is 4.90 Å². The van der Waals surface area contributed by atoms with Gasteiger partial charge in [-0.3, -0.25) is 14.7 Å². The Balaban J connectivity index is 1.67. The molecule has 0 unspecified atom stereocenters. The molecule has 1 amide bonds. The third-order valence-electron chi connectivity index (χ3n) is 4.07. The van der Waals surface area contributed by atoms with E-state index in [0.717, 1.165) is 20.9 Å². The number of carbonyl (C=O) groups is 1. The number of hydrogen-bond acceptors (Lipinski definition) is 4. The minimum Gasteiger partial charge on any atom is -0.268 e. The van der Waals surface area contributed by atoms with E-state index < -0.39 is 0 Å². The van der Waals surface area contributed by atoms with Crippen LogP contribution in [0.4, 0.5) is 5.69 Å². The Labute approximate surface area is 174 Å². The Morgan fingerprint density at radius 2 is 1.89 bits per heavy atom. The minimum atomic E-state index is -0.128. The number of rotatable bonds is 3. The maximum Gasteiger partial charge on any atom is 0.270 e. The first kappa shape index (κ1) is 18.1. The van der Waals surface area contributed by atoms with Gasteiger partial charge in [-0.15, -0.1) is 0 Å². The number of thioether (sulfide) groups is 1. The summed E-state index contributed by atoms with van der Waals surface area (Å²) in [6.45, 7) is 0. The van der Waals surface area contributed by atoms with Crippen molar-refractivity contribution in [2.75, 3.05) is 4.90 Å². The number of amides is 1. The van der Waals surface area contributed by atoms with Gasteiger partial charge in [0.25, 0.3) is 5.91 Å². The highest BCUT2D eigenvalue weighted by molar-refractivity contribution is 9.10. The smallest absolute Gasteiger partial charge is 0.268 e. The molecule has 1 aliphatic rings. The first-order chi connectivity index (χ1) is 13.1. The van der Waals surface area contributed by atoms with Crippen LogP contribution in [0, 0.1) is 0 Å². The summed E-state index contributed by atoms with van der Waals surface area (Å²) in [4.78, 5) is 19.6. The summed E-state index contributed by atoms with van der Waals surface area (Å²) in [5, 5.41) is 0.942. The van der Waals surface area contributed by atoms with Crippen LogP contribution in [0.2, 0.25) is 0 Å². The molecule has 132 valence electrons. The molecule has 0 radical (unpaired) electrons. The lowest BCUT2D eigenvalue weighted by Gasteiger charge is -2.16. The Morgan fingerprint density at radius 3 is 2.70 bits per heavy atom. The predicted molar refractivity (Wildman–Crippen MR) is 121 cm³/mol. The van der Waals surface area contributed by atoms with Crippen LogP contribution in [0.15, 0.2) is 82.3 Å². The molecular formula is C21H13BrN2OS2. The minimum absolute atomic E-state index is 0.128. The Hall–Kier alpha value is -2.28. The Bertz CT molecular complexity index is 1110. The predicted octanol–water partition coefficient (Wildman–Crippen LogP) is 5.96. The van der Waals surface area contributed by atoms with Crippen LogP contribution in [0.5, 0.6) is 0 Å². The van der Waals surface area contributed by atoms with Gasteiger partial charge < -0.3 is 0 Å². The number of fused-ring (bicyclic) bond motifs is 1. The van der Waals surface area contributed by atoms with E-state index in [1.165, 1.54) is 11.8 Å². The lowest BCUT2D eigenvalue weighted by molar-refractivity contribution is -0.113. The SMILES string of the molecule is O=C1/C(=C/C=C\c2ccccc2)SC(=S)N1c1ccc(Br)c2cccnc12. The summed E-state index contributed by atoms with van der Waals surface area (Å²) in [6.07, 6.45) is 7.36. The van der Waals surface area contributed by atoms with Gasteiger partial charge in [0.2, 0.25) is 0 Å². The van der Waals surface area contributed by atoms with E-state index in [1.807, 2.05) is 66.7 Å². The van der Waals surface area contributed by atoms with E-state index in [1.54, 1.807) is 17.2 Å². The molecule has 0 N–H and O–H groups in total. The first-order valence-electron chi connectivity index (χ1n) is 8.18. The summed E-state index contributed by atoms with van der Waals surface area (Å²) >= 11 is 10.3. The van der Waals surface area contributed by atoms with E-state index >= 15 is 0 Å². The highest BCUT2D eigenvalue weighted by Gasteiger charge is 2.34. The highest BCUT2D eigenvalue weighted by Crippen LogP contribution is 2.39. The van der Waals surface area contributed by atoms with Gasteiger partial charge in [-0.05, 0) is 29.8 Å². The van der Waals surface area contributed by atoms with Crippen molar-refractivity contribution in [2.45, 2.75) is 0 Å². The number of hydrogen-bond donors (Lipinski definition) is 0. The lowest BCUT2D eigenvalue weighted by Crippen LogP contribution is -2.27.